The molecule has 0 amide bonds. The normalized spacial score (nSPS) is 10.3. The minimum atomic E-state index is 0.671. The van der Waals surface area contributed by atoms with Crippen molar-refractivity contribution in [1.29, 1.82) is 5.26 Å². The Bertz CT molecular complexity index is 639. The molecule has 19 heavy (non-hydrogen) atoms. The van der Waals surface area contributed by atoms with E-state index in [0.29, 0.717) is 5.56 Å². The van der Waals surface area contributed by atoms with Crippen molar-refractivity contribution in [2.75, 3.05) is 11.9 Å². The number of aryl methyl sites for hydroxylation is 2. The molecular weight excluding hydrogens is 304 g/mol. The molecule has 0 atom stereocenters. The highest BCUT2D eigenvalue weighted by Gasteiger charge is 2.13. The van der Waals surface area contributed by atoms with Gasteiger partial charge in [0.05, 0.1) is 34.0 Å². The summed E-state index contributed by atoms with van der Waals surface area (Å²) < 4.78 is 2.92. The fraction of sp³-hybridized carbons (Fsp3) is 0.286. The summed E-state index contributed by atoms with van der Waals surface area (Å²) in [6.45, 7) is 2.71. The second-order valence-electron chi connectivity index (χ2n) is 4.49. The number of anilines is 1. The molecule has 0 N–H and O–H groups in total. The first-order valence-corrected chi connectivity index (χ1v) is 6.71. The second-order valence-corrected chi connectivity index (χ2v) is 5.28. The molecule has 98 valence electrons. The molecule has 0 saturated heterocycles. The van der Waals surface area contributed by atoms with Gasteiger partial charge in [-0.15, -0.1) is 0 Å². The minimum Gasteiger partial charge on any atom is -0.369 e. The van der Waals surface area contributed by atoms with Crippen LogP contribution in [0.4, 0.5) is 5.69 Å². The Morgan fingerprint density at radius 3 is 2.79 bits per heavy atom. The van der Waals surface area contributed by atoms with E-state index in [1.807, 2.05) is 50.0 Å². The molecule has 2 aromatic rings. The van der Waals surface area contributed by atoms with E-state index in [9.17, 15) is 0 Å². The summed E-state index contributed by atoms with van der Waals surface area (Å²) in [7, 11) is 3.94. The Labute approximate surface area is 121 Å². The van der Waals surface area contributed by atoms with Gasteiger partial charge in [-0.3, -0.25) is 4.68 Å². The van der Waals surface area contributed by atoms with Gasteiger partial charge in [0.25, 0.3) is 0 Å². The Hall–Kier alpha value is -1.80. The molecule has 0 aliphatic carbocycles. The van der Waals surface area contributed by atoms with E-state index in [0.717, 1.165) is 28.1 Å². The summed E-state index contributed by atoms with van der Waals surface area (Å²) in [5, 5.41) is 13.3. The van der Waals surface area contributed by atoms with Crippen LogP contribution in [0.1, 0.15) is 17.0 Å². The van der Waals surface area contributed by atoms with Crippen LogP contribution in [0.15, 0.2) is 28.7 Å². The third-order valence-electron chi connectivity index (χ3n) is 3.06. The number of aromatic nitrogens is 2. The maximum absolute atomic E-state index is 8.93. The predicted molar refractivity (Wildman–Crippen MR) is 78.9 cm³/mol. The topological polar surface area (TPSA) is 44.9 Å². The lowest BCUT2D eigenvalue weighted by Gasteiger charge is -2.19. The van der Waals surface area contributed by atoms with Crippen LogP contribution in [-0.4, -0.2) is 16.8 Å². The number of nitrogens with zero attached hydrogens (tertiary/aromatic N) is 4. The van der Waals surface area contributed by atoms with Crippen molar-refractivity contribution in [2.24, 2.45) is 7.05 Å². The van der Waals surface area contributed by atoms with Crippen LogP contribution in [0, 0.1) is 18.3 Å². The zero-order valence-corrected chi connectivity index (χ0v) is 12.8. The van der Waals surface area contributed by atoms with Crippen molar-refractivity contribution < 1.29 is 0 Å². The molecule has 0 bridgehead atoms. The number of hydrogen-bond acceptors (Lipinski definition) is 3. The maximum Gasteiger partial charge on any atom is 0.0992 e. The summed E-state index contributed by atoms with van der Waals surface area (Å²) in [6.07, 6.45) is 0. The molecule has 0 saturated carbocycles. The number of nitriles is 1. The summed E-state index contributed by atoms with van der Waals surface area (Å²) in [4.78, 5) is 2.10. The summed E-state index contributed by atoms with van der Waals surface area (Å²) in [5.74, 6) is 0. The molecule has 4 nitrogen and oxygen atoms in total. The zero-order valence-electron chi connectivity index (χ0n) is 11.2. The van der Waals surface area contributed by atoms with Crippen LogP contribution in [-0.2, 0) is 13.6 Å². The lowest BCUT2D eigenvalue weighted by Crippen LogP contribution is -2.18. The lowest BCUT2D eigenvalue weighted by atomic mass is 10.2. The van der Waals surface area contributed by atoms with Crippen molar-refractivity contribution >= 4 is 21.6 Å². The first-order valence-electron chi connectivity index (χ1n) is 5.92. The van der Waals surface area contributed by atoms with Crippen LogP contribution in [0.2, 0.25) is 0 Å². The first kappa shape index (κ1) is 13.6. The van der Waals surface area contributed by atoms with Crippen molar-refractivity contribution in [3.63, 3.8) is 0 Å². The van der Waals surface area contributed by atoms with Crippen LogP contribution in [0.5, 0.6) is 0 Å². The van der Waals surface area contributed by atoms with Gasteiger partial charge in [-0.05, 0) is 41.1 Å². The van der Waals surface area contributed by atoms with Crippen molar-refractivity contribution in [1.82, 2.24) is 9.78 Å². The number of hydrogen-bond donors (Lipinski definition) is 0. The molecule has 1 heterocycles. The van der Waals surface area contributed by atoms with E-state index in [1.165, 1.54) is 0 Å². The minimum absolute atomic E-state index is 0.671. The van der Waals surface area contributed by atoms with E-state index < -0.39 is 0 Å². The zero-order chi connectivity index (χ0) is 14.0. The highest BCUT2D eigenvalue weighted by atomic mass is 79.9. The van der Waals surface area contributed by atoms with Gasteiger partial charge in [0.1, 0.15) is 0 Å². The Morgan fingerprint density at radius 2 is 2.21 bits per heavy atom. The van der Waals surface area contributed by atoms with Crippen LogP contribution in [0.25, 0.3) is 0 Å². The molecule has 0 unspecified atom stereocenters. The quantitative estimate of drug-likeness (QED) is 0.873. The van der Waals surface area contributed by atoms with Crippen molar-refractivity contribution in [3.8, 4) is 6.07 Å². The number of halogens is 1. The number of rotatable bonds is 3. The number of benzene rings is 1. The van der Waals surface area contributed by atoms with E-state index in [1.54, 1.807) is 0 Å². The molecule has 0 spiro atoms. The van der Waals surface area contributed by atoms with E-state index in [-0.39, 0.29) is 0 Å². The smallest absolute Gasteiger partial charge is 0.0992 e. The van der Waals surface area contributed by atoms with Gasteiger partial charge < -0.3 is 4.90 Å². The molecule has 0 aliphatic heterocycles. The molecular formula is C14H15BrN4. The summed E-state index contributed by atoms with van der Waals surface area (Å²) in [6, 6.07) is 9.75. The highest BCUT2D eigenvalue weighted by Crippen LogP contribution is 2.23. The van der Waals surface area contributed by atoms with E-state index >= 15 is 0 Å². The summed E-state index contributed by atoms with van der Waals surface area (Å²) >= 11 is 3.57. The average Bonchev–Trinajstić information content (AvgIpc) is 2.65. The molecule has 5 heteroatoms. The third-order valence-corrected chi connectivity index (χ3v) is 4.10. The molecule has 2 rings (SSSR count). The molecule has 0 fully saturated rings. The Balaban J connectivity index is 2.25. The summed E-state index contributed by atoms with van der Waals surface area (Å²) in [5.41, 5.74) is 3.79. The van der Waals surface area contributed by atoms with Gasteiger partial charge in [0.2, 0.25) is 0 Å². The van der Waals surface area contributed by atoms with Gasteiger partial charge in [-0.1, -0.05) is 6.07 Å². The standard InChI is InChI=1S/C14H15BrN4/c1-10-14(15)13(19(3)17-10)9-18(2)12-6-4-5-11(7-12)8-16/h4-7H,9H2,1-3H3. The second kappa shape index (κ2) is 5.45. The largest absolute Gasteiger partial charge is 0.369 e. The molecule has 0 radical (unpaired) electrons. The lowest BCUT2D eigenvalue weighted by molar-refractivity contribution is 0.693. The Morgan fingerprint density at radius 1 is 1.47 bits per heavy atom. The van der Waals surface area contributed by atoms with Gasteiger partial charge in [0, 0.05) is 19.8 Å². The fourth-order valence-corrected chi connectivity index (χ4v) is 2.44. The molecule has 0 aliphatic rings. The monoisotopic (exact) mass is 318 g/mol. The van der Waals surface area contributed by atoms with Gasteiger partial charge in [-0.25, -0.2) is 0 Å². The highest BCUT2D eigenvalue weighted by molar-refractivity contribution is 9.10. The van der Waals surface area contributed by atoms with Crippen LogP contribution in [0.3, 0.4) is 0 Å². The average molecular weight is 319 g/mol. The van der Waals surface area contributed by atoms with E-state index in [2.05, 4.69) is 32.0 Å². The first-order chi connectivity index (χ1) is 9.02. The van der Waals surface area contributed by atoms with Crippen molar-refractivity contribution in [2.45, 2.75) is 13.5 Å². The van der Waals surface area contributed by atoms with Gasteiger partial charge in [0.15, 0.2) is 0 Å². The molecule has 1 aromatic heterocycles. The van der Waals surface area contributed by atoms with Crippen molar-refractivity contribution in [3.05, 3.63) is 45.7 Å². The van der Waals surface area contributed by atoms with Crippen LogP contribution >= 0.6 is 15.9 Å². The Kier molecular flexibility index (Phi) is 3.91. The van der Waals surface area contributed by atoms with E-state index in [4.69, 9.17) is 5.26 Å². The van der Waals surface area contributed by atoms with Gasteiger partial charge >= 0.3 is 0 Å². The predicted octanol–water partition coefficient (Wildman–Crippen LogP) is 3.00. The fourth-order valence-electron chi connectivity index (χ4n) is 1.98. The SMILES string of the molecule is Cc1nn(C)c(CN(C)c2cccc(C#N)c2)c1Br. The maximum atomic E-state index is 8.93. The third kappa shape index (κ3) is 2.79. The molecule has 1 aromatic carbocycles. The van der Waals surface area contributed by atoms with Crippen LogP contribution < -0.4 is 4.90 Å². The van der Waals surface area contributed by atoms with Gasteiger partial charge in [-0.2, -0.15) is 10.4 Å².